The molecule has 40 heavy (non-hydrogen) atoms. The molecule has 3 fully saturated rings. The summed E-state index contributed by atoms with van der Waals surface area (Å²) in [7, 11) is 2.05. The number of ketones is 1. The van der Waals surface area contributed by atoms with Crippen LogP contribution < -0.4 is 16.0 Å². The van der Waals surface area contributed by atoms with Crippen molar-refractivity contribution in [1.29, 1.82) is 0 Å². The topological polar surface area (TPSA) is 148 Å². The summed E-state index contributed by atoms with van der Waals surface area (Å²) in [5.41, 5.74) is 7.23. The van der Waals surface area contributed by atoms with E-state index in [-0.39, 0.29) is 46.7 Å². The number of fused-ring (bicyclic) bond motifs is 2. The van der Waals surface area contributed by atoms with Crippen molar-refractivity contribution in [2.24, 2.45) is 29.4 Å². The summed E-state index contributed by atoms with van der Waals surface area (Å²) in [4.78, 5) is 48.5. The van der Waals surface area contributed by atoms with Crippen LogP contribution in [-0.4, -0.2) is 70.8 Å². The van der Waals surface area contributed by atoms with Crippen LogP contribution in [0.5, 0.6) is 0 Å². The summed E-state index contributed by atoms with van der Waals surface area (Å²) in [6.07, 6.45) is 3.52. The van der Waals surface area contributed by atoms with E-state index in [1.165, 1.54) is 12.1 Å². The molecule has 0 spiro atoms. The SMILES string of the molecule is CN1CCN(c2ccc([N+](=O)[O-])cc2CC(=O)CC[C@@H]2C[C@@H]3C[C@H]2[C@@H](Nc2nc(Cl)ncc2F)[C@H]3C(N)=O)CC1. The minimum Gasteiger partial charge on any atom is -0.369 e. The Balaban J connectivity index is 1.26. The molecule has 5 atom stereocenters. The van der Waals surface area contributed by atoms with Gasteiger partial charge in [0.1, 0.15) is 5.78 Å². The molecule has 0 radical (unpaired) electrons. The van der Waals surface area contributed by atoms with Gasteiger partial charge in [-0.3, -0.25) is 19.7 Å². The van der Waals surface area contributed by atoms with Gasteiger partial charge >= 0.3 is 0 Å². The molecular weight excluding hydrogens is 541 g/mol. The first-order valence-corrected chi connectivity index (χ1v) is 13.9. The third-order valence-electron chi connectivity index (χ3n) is 8.79. The van der Waals surface area contributed by atoms with Crippen LogP contribution >= 0.6 is 11.6 Å². The third-order valence-corrected chi connectivity index (χ3v) is 8.97. The molecule has 214 valence electrons. The molecule has 2 heterocycles. The van der Waals surface area contributed by atoms with Crippen LogP contribution in [0.3, 0.4) is 0 Å². The number of primary amides is 1. The van der Waals surface area contributed by atoms with Crippen molar-refractivity contribution < 1.29 is 18.9 Å². The number of nitrogens with two attached hydrogens (primary N) is 1. The lowest BCUT2D eigenvalue weighted by atomic mass is 9.75. The van der Waals surface area contributed by atoms with Gasteiger partial charge in [0.05, 0.1) is 17.0 Å². The van der Waals surface area contributed by atoms with Crippen molar-refractivity contribution in [3.8, 4) is 0 Å². The molecule has 13 heteroatoms. The van der Waals surface area contributed by atoms with Crippen LogP contribution in [0.15, 0.2) is 24.4 Å². The molecule has 1 amide bonds. The number of amides is 1. The molecule has 1 aliphatic heterocycles. The number of benzene rings is 1. The molecule has 1 saturated heterocycles. The lowest BCUT2D eigenvalue weighted by Crippen LogP contribution is -2.45. The summed E-state index contributed by atoms with van der Waals surface area (Å²) < 4.78 is 14.4. The fourth-order valence-corrected chi connectivity index (χ4v) is 7.00. The first-order chi connectivity index (χ1) is 19.1. The largest absolute Gasteiger partial charge is 0.369 e. The number of nitro benzene ring substituents is 1. The summed E-state index contributed by atoms with van der Waals surface area (Å²) in [6, 6.07) is 4.34. The number of non-ortho nitro benzene ring substituents is 1. The maximum absolute atomic E-state index is 14.4. The van der Waals surface area contributed by atoms with Crippen molar-refractivity contribution in [3.63, 3.8) is 0 Å². The maximum atomic E-state index is 14.4. The summed E-state index contributed by atoms with van der Waals surface area (Å²) in [5.74, 6) is -1.45. The summed E-state index contributed by atoms with van der Waals surface area (Å²) in [6.45, 7) is 3.32. The molecule has 0 unspecified atom stereocenters. The van der Waals surface area contributed by atoms with Crippen LogP contribution in [0.4, 0.5) is 21.6 Å². The van der Waals surface area contributed by atoms with Gasteiger partial charge in [0.25, 0.3) is 5.69 Å². The molecule has 2 bridgehead atoms. The smallest absolute Gasteiger partial charge is 0.269 e. The normalized spacial score (nSPS) is 26.2. The van der Waals surface area contributed by atoms with E-state index in [4.69, 9.17) is 17.3 Å². The molecule has 1 aromatic heterocycles. The van der Waals surface area contributed by atoms with Gasteiger partial charge in [0.15, 0.2) is 11.6 Å². The zero-order chi connectivity index (χ0) is 28.6. The number of aromatic nitrogens is 2. The molecular formula is C27H33ClFN7O4. The van der Waals surface area contributed by atoms with Gasteiger partial charge in [-0.1, -0.05) is 0 Å². The van der Waals surface area contributed by atoms with Crippen LogP contribution in [0, 0.1) is 39.6 Å². The Morgan fingerprint density at radius 1 is 1.25 bits per heavy atom. The number of hydrogen-bond acceptors (Lipinski definition) is 9. The zero-order valence-corrected chi connectivity index (χ0v) is 23.0. The Kier molecular flexibility index (Phi) is 8.18. The lowest BCUT2D eigenvalue weighted by molar-refractivity contribution is -0.384. The fraction of sp³-hybridized carbons (Fsp3) is 0.556. The number of nitrogens with one attached hydrogen (secondary N) is 1. The molecule has 2 aliphatic carbocycles. The highest BCUT2D eigenvalue weighted by molar-refractivity contribution is 6.28. The van der Waals surface area contributed by atoms with Crippen molar-refractivity contribution in [2.45, 2.75) is 38.1 Å². The number of hydrogen-bond donors (Lipinski definition) is 2. The number of Topliss-reactive ketones (excluding diaryl/α,β-unsaturated/α-hetero) is 1. The van der Waals surface area contributed by atoms with Crippen molar-refractivity contribution in [1.82, 2.24) is 14.9 Å². The maximum Gasteiger partial charge on any atom is 0.269 e. The number of carbonyl (C=O) groups excluding carboxylic acids is 2. The molecule has 3 aliphatic rings. The van der Waals surface area contributed by atoms with Gasteiger partial charge in [-0.15, -0.1) is 0 Å². The van der Waals surface area contributed by atoms with E-state index < -0.39 is 28.6 Å². The van der Waals surface area contributed by atoms with Crippen molar-refractivity contribution >= 4 is 40.5 Å². The van der Waals surface area contributed by atoms with Gasteiger partial charge < -0.3 is 20.9 Å². The number of carbonyl (C=O) groups is 2. The monoisotopic (exact) mass is 573 g/mol. The molecule has 5 rings (SSSR count). The van der Waals surface area contributed by atoms with Crippen LogP contribution in [0.2, 0.25) is 5.28 Å². The predicted molar refractivity (Wildman–Crippen MR) is 148 cm³/mol. The second kappa shape index (κ2) is 11.6. The first-order valence-electron chi connectivity index (χ1n) is 13.6. The van der Waals surface area contributed by atoms with Crippen LogP contribution in [-0.2, 0) is 16.0 Å². The Morgan fingerprint density at radius 3 is 2.70 bits per heavy atom. The minimum absolute atomic E-state index is 0.00300. The standard InChI is InChI=1S/C27H33ClFN7O4/c1-34-6-8-35(9-7-34)22-5-3-18(36(39)40)11-16(22)12-19(37)4-2-15-10-17-13-20(15)24(23(17)25(30)38)32-26-21(29)14-31-27(28)33-26/h3,5,11,14-15,17,20,23-24H,2,4,6-10,12-13H2,1H3,(H2,30,38)(H,31,32,33)/t15-,17-,20-,23+,24-/m1/s1. The highest BCUT2D eigenvalue weighted by Gasteiger charge is 2.54. The summed E-state index contributed by atoms with van der Waals surface area (Å²) >= 11 is 5.85. The third kappa shape index (κ3) is 5.87. The quantitative estimate of drug-likeness (QED) is 0.248. The Hall–Kier alpha value is -3.38. The second-order valence-corrected chi connectivity index (χ2v) is 11.5. The number of likely N-dealkylation sites (N-methyl/N-ethyl adjacent to an activating group) is 1. The van der Waals surface area contributed by atoms with Crippen molar-refractivity contribution in [3.05, 3.63) is 51.2 Å². The lowest BCUT2D eigenvalue weighted by Gasteiger charge is -2.35. The van der Waals surface area contributed by atoms with Gasteiger partial charge in [-0.2, -0.15) is 4.98 Å². The van der Waals surface area contributed by atoms with E-state index in [2.05, 4.69) is 32.1 Å². The number of anilines is 2. The molecule has 11 nitrogen and oxygen atoms in total. The van der Waals surface area contributed by atoms with E-state index in [1.807, 2.05) is 0 Å². The average Bonchev–Trinajstić information content (AvgIpc) is 3.48. The van der Waals surface area contributed by atoms with Gasteiger partial charge in [-0.25, -0.2) is 9.37 Å². The Morgan fingerprint density at radius 2 is 2.00 bits per heavy atom. The Bertz CT molecular complexity index is 1310. The molecule has 2 saturated carbocycles. The van der Waals surface area contributed by atoms with E-state index in [0.29, 0.717) is 18.4 Å². The predicted octanol–water partition coefficient (Wildman–Crippen LogP) is 3.06. The van der Waals surface area contributed by atoms with E-state index in [0.717, 1.165) is 50.9 Å². The Labute approximate surface area is 236 Å². The van der Waals surface area contributed by atoms with Crippen molar-refractivity contribution in [2.75, 3.05) is 43.4 Å². The first kappa shape index (κ1) is 28.2. The minimum atomic E-state index is -0.671. The number of halogens is 2. The van der Waals surface area contributed by atoms with E-state index in [9.17, 15) is 24.1 Å². The van der Waals surface area contributed by atoms with E-state index >= 15 is 0 Å². The van der Waals surface area contributed by atoms with E-state index in [1.54, 1.807) is 6.07 Å². The molecule has 1 aromatic carbocycles. The number of nitro groups is 1. The van der Waals surface area contributed by atoms with Gasteiger partial charge in [0, 0.05) is 62.9 Å². The second-order valence-electron chi connectivity index (χ2n) is 11.2. The molecule has 3 N–H and O–H groups in total. The van der Waals surface area contributed by atoms with Crippen LogP contribution in [0.1, 0.15) is 31.2 Å². The number of rotatable bonds is 10. The average molecular weight is 574 g/mol. The summed E-state index contributed by atoms with van der Waals surface area (Å²) in [5, 5.41) is 14.4. The van der Waals surface area contributed by atoms with Crippen LogP contribution in [0.25, 0.3) is 0 Å². The van der Waals surface area contributed by atoms with Gasteiger partial charge in [0.2, 0.25) is 11.2 Å². The number of piperazine rings is 1. The highest BCUT2D eigenvalue weighted by Crippen LogP contribution is 2.54. The van der Waals surface area contributed by atoms with Gasteiger partial charge in [-0.05, 0) is 67.3 Å². The fourth-order valence-electron chi connectivity index (χ4n) is 6.87. The molecule has 2 aromatic rings. The highest BCUT2D eigenvalue weighted by atomic mass is 35.5. The number of nitrogens with zero attached hydrogens (tertiary/aromatic N) is 5. The zero-order valence-electron chi connectivity index (χ0n) is 22.3.